The summed E-state index contributed by atoms with van der Waals surface area (Å²) in [5.41, 5.74) is 0. The summed E-state index contributed by atoms with van der Waals surface area (Å²) >= 11 is 0. The SMILES string of the molecule is CC(C)C[C@@H](C(=O)N(C)Cc1nnc2n1CCCCC2)N1C(=O)[C@H]2CC=CC[C@H]2C1=O. The molecule has 1 aliphatic carbocycles. The Morgan fingerprint density at radius 2 is 1.77 bits per heavy atom. The fourth-order valence-corrected chi connectivity index (χ4v) is 5.10. The zero-order valence-electron chi connectivity index (χ0n) is 18.8. The molecule has 3 amide bonds. The lowest BCUT2D eigenvalue weighted by Crippen LogP contribution is -2.51. The van der Waals surface area contributed by atoms with Gasteiger partial charge in [-0.1, -0.05) is 32.4 Å². The first-order valence-corrected chi connectivity index (χ1v) is 11.6. The number of allylic oxidation sites excluding steroid dienone is 2. The molecule has 0 radical (unpaired) electrons. The number of likely N-dealkylation sites (tertiary alicyclic amines) is 1. The predicted octanol–water partition coefficient (Wildman–Crippen LogP) is 2.33. The molecular weight excluding hydrogens is 394 g/mol. The van der Waals surface area contributed by atoms with Gasteiger partial charge in [-0.25, -0.2) is 0 Å². The van der Waals surface area contributed by atoms with Crippen LogP contribution < -0.4 is 0 Å². The van der Waals surface area contributed by atoms with Gasteiger partial charge in [0, 0.05) is 20.0 Å². The van der Waals surface area contributed by atoms with Gasteiger partial charge in [0.25, 0.3) is 0 Å². The minimum Gasteiger partial charge on any atom is -0.336 e. The van der Waals surface area contributed by atoms with Crippen LogP contribution >= 0.6 is 0 Å². The van der Waals surface area contributed by atoms with Crippen molar-refractivity contribution in [3.05, 3.63) is 23.8 Å². The minimum atomic E-state index is -0.762. The summed E-state index contributed by atoms with van der Waals surface area (Å²) in [5, 5.41) is 8.65. The van der Waals surface area contributed by atoms with E-state index in [1.165, 1.54) is 11.3 Å². The van der Waals surface area contributed by atoms with Crippen molar-refractivity contribution < 1.29 is 14.4 Å². The van der Waals surface area contributed by atoms with Crippen LogP contribution in [0, 0.1) is 17.8 Å². The zero-order valence-corrected chi connectivity index (χ0v) is 18.8. The van der Waals surface area contributed by atoms with Crippen molar-refractivity contribution in [2.24, 2.45) is 17.8 Å². The van der Waals surface area contributed by atoms with Gasteiger partial charge in [0.05, 0.1) is 18.4 Å². The van der Waals surface area contributed by atoms with Crippen molar-refractivity contribution >= 4 is 17.7 Å². The van der Waals surface area contributed by atoms with Gasteiger partial charge in [0.2, 0.25) is 17.7 Å². The van der Waals surface area contributed by atoms with Crippen molar-refractivity contribution in [1.82, 2.24) is 24.6 Å². The Bertz CT molecular complexity index is 864. The van der Waals surface area contributed by atoms with E-state index in [9.17, 15) is 14.4 Å². The molecule has 0 bridgehead atoms. The fraction of sp³-hybridized carbons (Fsp3) is 0.696. The summed E-state index contributed by atoms with van der Waals surface area (Å²) in [4.78, 5) is 42.7. The second-order valence-electron chi connectivity index (χ2n) is 9.54. The molecule has 168 valence electrons. The summed E-state index contributed by atoms with van der Waals surface area (Å²) in [7, 11) is 1.73. The number of nitrogens with zero attached hydrogens (tertiary/aromatic N) is 5. The number of amides is 3. The minimum absolute atomic E-state index is 0.174. The van der Waals surface area contributed by atoms with Crippen LogP contribution in [0.1, 0.15) is 64.0 Å². The molecule has 31 heavy (non-hydrogen) atoms. The Balaban J connectivity index is 1.54. The molecule has 3 heterocycles. The Hall–Kier alpha value is -2.51. The zero-order chi connectivity index (χ0) is 22.1. The molecule has 4 rings (SSSR count). The third-order valence-electron chi connectivity index (χ3n) is 6.77. The molecule has 1 saturated heterocycles. The second kappa shape index (κ2) is 8.93. The molecule has 1 aromatic heterocycles. The summed E-state index contributed by atoms with van der Waals surface area (Å²) in [6, 6.07) is -0.762. The maximum atomic E-state index is 13.5. The molecule has 0 spiro atoms. The second-order valence-corrected chi connectivity index (χ2v) is 9.54. The monoisotopic (exact) mass is 427 g/mol. The van der Waals surface area contributed by atoms with Crippen LogP contribution in [0.2, 0.25) is 0 Å². The topological polar surface area (TPSA) is 88.4 Å². The number of likely N-dealkylation sites (N-methyl/N-ethyl adjacent to an activating group) is 1. The Labute approximate surface area is 183 Å². The first-order valence-electron chi connectivity index (χ1n) is 11.6. The molecule has 8 heteroatoms. The van der Waals surface area contributed by atoms with Crippen molar-refractivity contribution in [2.75, 3.05) is 7.05 Å². The number of hydrogen-bond acceptors (Lipinski definition) is 5. The van der Waals surface area contributed by atoms with Crippen LogP contribution in [-0.2, 0) is 33.9 Å². The van der Waals surface area contributed by atoms with Crippen molar-refractivity contribution in [2.45, 2.75) is 77.9 Å². The Morgan fingerprint density at radius 3 is 2.42 bits per heavy atom. The lowest BCUT2D eigenvalue weighted by Gasteiger charge is -2.30. The molecule has 1 aromatic rings. The van der Waals surface area contributed by atoms with E-state index >= 15 is 0 Å². The molecule has 0 aromatic carbocycles. The number of carbonyl (C=O) groups excluding carboxylic acids is 3. The fourth-order valence-electron chi connectivity index (χ4n) is 5.10. The lowest BCUT2D eigenvalue weighted by atomic mass is 9.85. The lowest BCUT2D eigenvalue weighted by molar-refractivity contribution is -0.152. The van der Waals surface area contributed by atoms with Gasteiger partial charge >= 0.3 is 0 Å². The number of fused-ring (bicyclic) bond motifs is 2. The van der Waals surface area contributed by atoms with E-state index in [1.807, 2.05) is 26.0 Å². The van der Waals surface area contributed by atoms with Crippen molar-refractivity contribution in [1.29, 1.82) is 0 Å². The highest BCUT2D eigenvalue weighted by Gasteiger charge is 2.51. The smallest absolute Gasteiger partial charge is 0.246 e. The molecule has 8 nitrogen and oxygen atoms in total. The number of rotatable bonds is 6. The van der Waals surface area contributed by atoms with Gasteiger partial charge in [0.15, 0.2) is 5.82 Å². The summed E-state index contributed by atoms with van der Waals surface area (Å²) in [6.07, 6.45) is 9.84. The van der Waals surface area contributed by atoms with Gasteiger partial charge in [-0.15, -0.1) is 10.2 Å². The average Bonchev–Trinajstić information content (AvgIpc) is 3.12. The van der Waals surface area contributed by atoms with E-state index in [-0.39, 0.29) is 35.5 Å². The van der Waals surface area contributed by atoms with E-state index in [2.05, 4.69) is 14.8 Å². The largest absolute Gasteiger partial charge is 0.336 e. The molecule has 3 aliphatic rings. The van der Waals surface area contributed by atoms with E-state index in [4.69, 9.17) is 0 Å². The average molecular weight is 428 g/mol. The van der Waals surface area contributed by atoms with E-state index in [0.717, 1.165) is 37.5 Å². The summed E-state index contributed by atoms with van der Waals surface area (Å²) < 4.78 is 2.13. The first kappa shape index (κ1) is 21.7. The van der Waals surface area contributed by atoms with Gasteiger partial charge in [-0.3, -0.25) is 19.3 Å². The third-order valence-corrected chi connectivity index (χ3v) is 6.77. The van der Waals surface area contributed by atoms with Crippen LogP contribution in [-0.4, -0.2) is 55.4 Å². The van der Waals surface area contributed by atoms with Gasteiger partial charge < -0.3 is 9.47 Å². The highest BCUT2D eigenvalue weighted by Crippen LogP contribution is 2.37. The number of carbonyl (C=O) groups is 3. The normalized spacial score (nSPS) is 24.2. The number of aryl methyl sites for hydroxylation is 1. The van der Waals surface area contributed by atoms with Crippen LogP contribution in [0.4, 0.5) is 0 Å². The van der Waals surface area contributed by atoms with Gasteiger partial charge in [-0.2, -0.15) is 0 Å². The van der Waals surface area contributed by atoms with Crippen LogP contribution in [0.3, 0.4) is 0 Å². The molecule has 3 atom stereocenters. The highest BCUT2D eigenvalue weighted by atomic mass is 16.2. The van der Waals surface area contributed by atoms with E-state index in [1.54, 1.807) is 11.9 Å². The molecule has 0 unspecified atom stereocenters. The van der Waals surface area contributed by atoms with Crippen LogP contribution in [0.5, 0.6) is 0 Å². The third kappa shape index (κ3) is 4.16. The Kier molecular flexibility index (Phi) is 6.25. The van der Waals surface area contributed by atoms with Crippen LogP contribution in [0.15, 0.2) is 12.2 Å². The number of hydrogen-bond donors (Lipinski definition) is 0. The van der Waals surface area contributed by atoms with Gasteiger partial charge in [0.1, 0.15) is 11.9 Å². The number of imide groups is 1. The predicted molar refractivity (Wildman–Crippen MR) is 115 cm³/mol. The van der Waals surface area contributed by atoms with E-state index in [0.29, 0.717) is 25.8 Å². The van der Waals surface area contributed by atoms with Gasteiger partial charge in [-0.05, 0) is 38.0 Å². The van der Waals surface area contributed by atoms with Crippen molar-refractivity contribution in [3.8, 4) is 0 Å². The maximum absolute atomic E-state index is 13.5. The van der Waals surface area contributed by atoms with Crippen LogP contribution in [0.25, 0.3) is 0 Å². The Morgan fingerprint density at radius 1 is 1.10 bits per heavy atom. The standard InChI is InChI=1S/C23H33N5O3/c1-15(2)13-18(28-21(29)16-9-6-7-10-17(16)22(28)30)23(31)26(3)14-20-25-24-19-11-5-4-8-12-27(19)20/h6-7,15-18H,4-5,8-14H2,1-3H3/t16-,17+,18-/m0/s1. The van der Waals surface area contributed by atoms with E-state index < -0.39 is 6.04 Å². The molecular formula is C23H33N5O3. The number of aromatic nitrogens is 3. The van der Waals surface area contributed by atoms with Crippen molar-refractivity contribution in [3.63, 3.8) is 0 Å². The summed E-state index contributed by atoms with van der Waals surface area (Å²) in [6.45, 7) is 5.22. The maximum Gasteiger partial charge on any atom is 0.246 e. The summed E-state index contributed by atoms with van der Waals surface area (Å²) in [5.74, 6) is 0.698. The quantitative estimate of drug-likeness (QED) is 0.514. The highest BCUT2D eigenvalue weighted by molar-refractivity contribution is 6.08. The molecule has 1 fully saturated rings. The first-order chi connectivity index (χ1) is 14.9. The molecule has 2 aliphatic heterocycles. The molecule has 0 saturated carbocycles. The molecule has 0 N–H and O–H groups in total.